The third kappa shape index (κ3) is 3.53. The van der Waals surface area contributed by atoms with Gasteiger partial charge in [-0.15, -0.1) is 0 Å². The number of likely N-dealkylation sites (tertiary alicyclic amines) is 1. The quantitative estimate of drug-likeness (QED) is 0.539. The van der Waals surface area contributed by atoms with Crippen LogP contribution in [0.25, 0.3) is 11.0 Å². The molecule has 1 aliphatic heterocycles. The van der Waals surface area contributed by atoms with E-state index in [1.807, 2.05) is 30.3 Å². The van der Waals surface area contributed by atoms with Crippen LogP contribution in [0.4, 0.5) is 0 Å². The van der Waals surface area contributed by atoms with Crippen molar-refractivity contribution in [2.75, 3.05) is 6.54 Å². The van der Waals surface area contributed by atoms with E-state index in [0.29, 0.717) is 29.1 Å². The first kappa shape index (κ1) is 19.0. The molecule has 0 bridgehead atoms. The molecule has 3 aromatic rings. The lowest BCUT2D eigenvalue weighted by Gasteiger charge is -2.24. The Morgan fingerprint density at radius 3 is 2.66 bits per heavy atom. The summed E-state index contributed by atoms with van der Waals surface area (Å²) >= 11 is 12.5. The fraction of sp³-hybridized carbons (Fsp3) is 0.391. The van der Waals surface area contributed by atoms with Gasteiger partial charge in [0.2, 0.25) is 5.91 Å². The number of carbonyl (C=O) groups excluding carboxylic acids is 1. The van der Waals surface area contributed by atoms with Gasteiger partial charge in [0.05, 0.1) is 17.6 Å². The van der Waals surface area contributed by atoms with Crippen molar-refractivity contribution >= 4 is 40.1 Å². The minimum absolute atomic E-state index is 0.113. The first-order valence-corrected chi connectivity index (χ1v) is 11.0. The number of amides is 1. The number of hydrogen-bond donors (Lipinski definition) is 0. The van der Waals surface area contributed by atoms with Crippen molar-refractivity contribution in [2.45, 2.75) is 50.6 Å². The monoisotopic (exact) mass is 427 g/mol. The maximum atomic E-state index is 12.8. The molecule has 6 heteroatoms. The number of nitrogens with zero attached hydrogens (tertiary/aromatic N) is 3. The lowest BCUT2D eigenvalue weighted by atomic mass is 10.1. The summed E-state index contributed by atoms with van der Waals surface area (Å²) in [6, 6.07) is 14.2. The highest BCUT2D eigenvalue weighted by atomic mass is 35.5. The first-order chi connectivity index (χ1) is 14.1. The van der Waals surface area contributed by atoms with Crippen molar-refractivity contribution in [2.24, 2.45) is 0 Å². The zero-order valence-electron chi connectivity index (χ0n) is 16.2. The summed E-state index contributed by atoms with van der Waals surface area (Å²) in [7, 11) is 0. The van der Waals surface area contributed by atoms with Crippen molar-refractivity contribution in [1.29, 1.82) is 0 Å². The molecule has 1 aliphatic carbocycles. The first-order valence-electron chi connectivity index (χ1n) is 10.3. The predicted octanol–water partition coefficient (Wildman–Crippen LogP) is 5.65. The van der Waals surface area contributed by atoms with Crippen LogP contribution in [0.3, 0.4) is 0 Å². The normalized spacial score (nSPS) is 20.3. The Morgan fingerprint density at radius 1 is 1.07 bits per heavy atom. The lowest BCUT2D eigenvalue weighted by Crippen LogP contribution is -2.34. The van der Waals surface area contributed by atoms with E-state index in [1.54, 1.807) is 6.07 Å². The summed E-state index contributed by atoms with van der Waals surface area (Å²) in [5.74, 6) is 1.36. The fourth-order valence-corrected chi connectivity index (χ4v) is 5.33. The standard InChI is InChI=1S/C23H23Cl2N3O/c24-17-10-9-15(19(25)12-17)13-28-21-8-4-3-7-20(21)26-23(28)16-11-22(29)27(14-16)18-5-1-2-6-18/h3-4,7-10,12,16,18H,1-2,5-6,11,13-14H2. The minimum atomic E-state index is 0.113. The molecule has 5 rings (SSSR count). The van der Waals surface area contributed by atoms with Gasteiger partial charge in [-0.25, -0.2) is 4.98 Å². The van der Waals surface area contributed by atoms with Crippen LogP contribution in [0.15, 0.2) is 42.5 Å². The van der Waals surface area contributed by atoms with Gasteiger partial charge in [0.25, 0.3) is 0 Å². The number of fused-ring (bicyclic) bond motifs is 1. The highest BCUT2D eigenvalue weighted by Gasteiger charge is 2.38. The van der Waals surface area contributed by atoms with Crippen LogP contribution in [-0.2, 0) is 11.3 Å². The molecule has 0 N–H and O–H groups in total. The Morgan fingerprint density at radius 2 is 1.86 bits per heavy atom. The third-order valence-corrected chi connectivity index (χ3v) is 6.90. The molecule has 0 spiro atoms. The number of imidazole rings is 1. The Bertz CT molecular complexity index is 1070. The summed E-state index contributed by atoms with van der Waals surface area (Å²) in [4.78, 5) is 19.8. The van der Waals surface area contributed by atoms with Crippen LogP contribution in [0.2, 0.25) is 10.0 Å². The van der Waals surface area contributed by atoms with Crippen molar-refractivity contribution in [3.63, 3.8) is 0 Å². The SMILES string of the molecule is O=C1CC(c2nc3ccccc3n2Cc2ccc(Cl)cc2Cl)CN1C1CCCC1. The van der Waals surface area contributed by atoms with Gasteiger partial charge in [-0.1, -0.05) is 54.2 Å². The number of carbonyl (C=O) groups is 1. The van der Waals surface area contributed by atoms with E-state index in [-0.39, 0.29) is 11.8 Å². The molecule has 2 heterocycles. The molecule has 1 unspecified atom stereocenters. The molecule has 1 saturated heterocycles. The summed E-state index contributed by atoms with van der Waals surface area (Å²) in [6.45, 7) is 1.38. The molecule has 29 heavy (non-hydrogen) atoms. The second-order valence-corrected chi connectivity index (χ2v) is 9.01. The van der Waals surface area contributed by atoms with E-state index in [9.17, 15) is 4.79 Å². The van der Waals surface area contributed by atoms with E-state index in [2.05, 4.69) is 15.5 Å². The van der Waals surface area contributed by atoms with Gasteiger partial charge in [-0.3, -0.25) is 4.79 Å². The molecule has 1 aromatic heterocycles. The van der Waals surface area contributed by atoms with E-state index in [1.165, 1.54) is 12.8 Å². The average molecular weight is 428 g/mol. The molecule has 2 aliphatic rings. The average Bonchev–Trinajstić information content (AvgIpc) is 3.43. The van der Waals surface area contributed by atoms with Gasteiger partial charge in [-0.05, 0) is 42.7 Å². The fourth-order valence-electron chi connectivity index (χ4n) is 4.87. The second kappa shape index (κ2) is 7.66. The Kier molecular flexibility index (Phi) is 5.00. The van der Waals surface area contributed by atoms with E-state index >= 15 is 0 Å². The zero-order valence-corrected chi connectivity index (χ0v) is 17.7. The van der Waals surface area contributed by atoms with E-state index < -0.39 is 0 Å². The smallest absolute Gasteiger partial charge is 0.223 e. The summed E-state index contributed by atoms with van der Waals surface area (Å²) in [5, 5.41) is 1.28. The van der Waals surface area contributed by atoms with Crippen LogP contribution in [-0.4, -0.2) is 32.9 Å². The molecule has 0 radical (unpaired) electrons. The molecular formula is C23H23Cl2N3O. The highest BCUT2D eigenvalue weighted by Crippen LogP contribution is 2.35. The van der Waals surface area contributed by atoms with Crippen molar-refractivity contribution < 1.29 is 4.79 Å². The van der Waals surface area contributed by atoms with Gasteiger partial charge in [-0.2, -0.15) is 0 Å². The van der Waals surface area contributed by atoms with Gasteiger partial charge >= 0.3 is 0 Å². The Labute approximate surface area is 180 Å². The number of aromatic nitrogens is 2. The van der Waals surface area contributed by atoms with Crippen LogP contribution in [0.1, 0.15) is 49.4 Å². The van der Waals surface area contributed by atoms with Crippen LogP contribution >= 0.6 is 23.2 Å². The van der Waals surface area contributed by atoms with Crippen LogP contribution in [0, 0.1) is 0 Å². The molecule has 1 atom stereocenters. The molecule has 150 valence electrons. The molecule has 1 amide bonds. The number of hydrogen-bond acceptors (Lipinski definition) is 2. The predicted molar refractivity (Wildman–Crippen MR) is 117 cm³/mol. The van der Waals surface area contributed by atoms with Crippen molar-refractivity contribution in [3.05, 3.63) is 63.9 Å². The van der Waals surface area contributed by atoms with Crippen LogP contribution in [0.5, 0.6) is 0 Å². The summed E-state index contributed by atoms with van der Waals surface area (Å²) < 4.78 is 2.22. The van der Waals surface area contributed by atoms with E-state index in [4.69, 9.17) is 28.2 Å². The van der Waals surface area contributed by atoms with Crippen LogP contribution < -0.4 is 0 Å². The summed E-state index contributed by atoms with van der Waals surface area (Å²) in [5.41, 5.74) is 3.03. The van der Waals surface area contributed by atoms with E-state index in [0.717, 1.165) is 41.8 Å². The maximum absolute atomic E-state index is 12.8. The van der Waals surface area contributed by atoms with Crippen molar-refractivity contribution in [3.8, 4) is 0 Å². The van der Waals surface area contributed by atoms with Gasteiger partial charge in [0.1, 0.15) is 5.82 Å². The molecule has 1 saturated carbocycles. The summed E-state index contributed by atoms with van der Waals surface area (Å²) in [6.07, 6.45) is 5.26. The zero-order chi connectivity index (χ0) is 20.0. The molecular weight excluding hydrogens is 405 g/mol. The third-order valence-electron chi connectivity index (χ3n) is 6.32. The Hall–Kier alpha value is -2.04. The largest absolute Gasteiger partial charge is 0.339 e. The molecule has 2 fully saturated rings. The Balaban J connectivity index is 1.52. The maximum Gasteiger partial charge on any atom is 0.223 e. The number of benzene rings is 2. The molecule has 2 aromatic carbocycles. The lowest BCUT2D eigenvalue weighted by molar-refractivity contribution is -0.129. The second-order valence-electron chi connectivity index (χ2n) is 8.17. The van der Waals surface area contributed by atoms with Gasteiger partial charge in [0.15, 0.2) is 0 Å². The topological polar surface area (TPSA) is 38.1 Å². The van der Waals surface area contributed by atoms with Gasteiger partial charge < -0.3 is 9.47 Å². The number of para-hydroxylation sites is 2. The number of rotatable bonds is 4. The molecule has 4 nitrogen and oxygen atoms in total. The number of halogens is 2. The minimum Gasteiger partial charge on any atom is -0.339 e. The van der Waals surface area contributed by atoms with Gasteiger partial charge in [0, 0.05) is 35.0 Å². The van der Waals surface area contributed by atoms with Crippen molar-refractivity contribution in [1.82, 2.24) is 14.5 Å². The highest BCUT2D eigenvalue weighted by molar-refractivity contribution is 6.35.